The van der Waals surface area contributed by atoms with Crippen LogP contribution in [0.15, 0.2) is 59.5 Å². The molecule has 0 spiro atoms. The Morgan fingerprint density at radius 3 is 2.49 bits per heavy atom. The van der Waals surface area contributed by atoms with Gasteiger partial charge in [0, 0.05) is 24.7 Å². The van der Waals surface area contributed by atoms with E-state index < -0.39 is 10.0 Å². The van der Waals surface area contributed by atoms with Crippen molar-refractivity contribution in [3.63, 3.8) is 0 Å². The van der Waals surface area contributed by atoms with Gasteiger partial charge in [-0.05, 0) is 48.5 Å². The van der Waals surface area contributed by atoms with Crippen molar-refractivity contribution in [2.24, 2.45) is 0 Å². The molecule has 0 bridgehead atoms. The highest BCUT2D eigenvalue weighted by Crippen LogP contribution is 2.32. The number of sulfonamides is 1. The number of carbonyl (C=O) groups is 1. The molecule has 12 nitrogen and oxygen atoms in total. The minimum Gasteiger partial charge on any atom is -0.497 e. The molecule has 37 heavy (non-hydrogen) atoms. The molecule has 0 aliphatic carbocycles. The van der Waals surface area contributed by atoms with Gasteiger partial charge in [-0.1, -0.05) is 6.92 Å². The Bertz CT molecular complexity index is 1500. The normalized spacial score (nSPS) is 11.3. The first-order chi connectivity index (χ1) is 17.8. The standard InChI is InChI=1S/C24H26N6O6S/c1-4-22(31)26-16-5-8-18(9-6-16)37(32,33)25-13-14-36-23-12-11-21-27-28-24(30(21)29-23)19-15-17(34-2)7-10-20(19)35-3/h5-12,15,25H,4,13-14H2,1-3H3,(H,26,31). The molecule has 13 heteroatoms. The highest BCUT2D eigenvalue weighted by atomic mass is 32.2. The first-order valence-corrected chi connectivity index (χ1v) is 12.8. The molecule has 2 aromatic heterocycles. The number of benzene rings is 2. The third-order valence-electron chi connectivity index (χ3n) is 5.30. The van der Waals surface area contributed by atoms with E-state index >= 15 is 0 Å². The number of fused-ring (bicyclic) bond motifs is 1. The average molecular weight is 527 g/mol. The van der Waals surface area contributed by atoms with Crippen molar-refractivity contribution in [1.82, 2.24) is 24.5 Å². The van der Waals surface area contributed by atoms with Crippen LogP contribution in [0.3, 0.4) is 0 Å². The summed E-state index contributed by atoms with van der Waals surface area (Å²) in [6.07, 6.45) is 0.331. The highest BCUT2D eigenvalue weighted by Gasteiger charge is 2.17. The van der Waals surface area contributed by atoms with E-state index in [9.17, 15) is 13.2 Å². The second kappa shape index (κ2) is 11.2. The molecule has 0 aliphatic heterocycles. The zero-order valence-corrected chi connectivity index (χ0v) is 21.3. The molecule has 1 amide bonds. The fourth-order valence-corrected chi connectivity index (χ4v) is 4.40. The smallest absolute Gasteiger partial charge is 0.240 e. The molecule has 0 saturated carbocycles. The van der Waals surface area contributed by atoms with Crippen LogP contribution >= 0.6 is 0 Å². The predicted octanol–water partition coefficient (Wildman–Crippen LogP) is 2.51. The number of hydrogen-bond acceptors (Lipinski definition) is 9. The van der Waals surface area contributed by atoms with Crippen LogP contribution in [0.1, 0.15) is 13.3 Å². The van der Waals surface area contributed by atoms with Gasteiger partial charge in [-0.2, -0.15) is 4.52 Å². The fraction of sp³-hybridized carbons (Fsp3) is 0.250. The largest absolute Gasteiger partial charge is 0.497 e. The van der Waals surface area contributed by atoms with Crippen molar-refractivity contribution in [3.05, 3.63) is 54.6 Å². The van der Waals surface area contributed by atoms with Crippen molar-refractivity contribution >= 4 is 27.3 Å². The van der Waals surface area contributed by atoms with Crippen molar-refractivity contribution in [1.29, 1.82) is 0 Å². The summed E-state index contributed by atoms with van der Waals surface area (Å²) in [6.45, 7) is 1.77. The fourth-order valence-electron chi connectivity index (χ4n) is 3.39. The summed E-state index contributed by atoms with van der Waals surface area (Å²) < 4.78 is 45.6. The van der Waals surface area contributed by atoms with Gasteiger partial charge >= 0.3 is 0 Å². The number of carbonyl (C=O) groups excluding carboxylic acids is 1. The van der Waals surface area contributed by atoms with E-state index in [1.165, 1.54) is 28.8 Å². The number of methoxy groups -OCH3 is 2. The van der Waals surface area contributed by atoms with E-state index in [4.69, 9.17) is 14.2 Å². The Labute approximate surface area is 213 Å². The average Bonchev–Trinajstić information content (AvgIpc) is 3.34. The summed E-state index contributed by atoms with van der Waals surface area (Å²) in [5, 5.41) is 15.5. The number of nitrogens with zero attached hydrogens (tertiary/aromatic N) is 4. The summed E-state index contributed by atoms with van der Waals surface area (Å²) in [5.41, 5.74) is 1.65. The van der Waals surface area contributed by atoms with Gasteiger partial charge < -0.3 is 19.5 Å². The van der Waals surface area contributed by atoms with E-state index in [0.29, 0.717) is 40.6 Å². The Morgan fingerprint density at radius 2 is 1.78 bits per heavy atom. The SMILES string of the molecule is CCC(=O)Nc1ccc(S(=O)(=O)NCCOc2ccc3nnc(-c4cc(OC)ccc4OC)n3n2)cc1. The number of anilines is 1. The summed E-state index contributed by atoms with van der Waals surface area (Å²) in [7, 11) is -0.647. The quantitative estimate of drug-likeness (QED) is 0.281. The molecule has 2 aromatic carbocycles. The lowest BCUT2D eigenvalue weighted by atomic mass is 10.2. The second-order valence-electron chi connectivity index (χ2n) is 7.70. The van der Waals surface area contributed by atoms with Crippen LogP contribution in [0.25, 0.3) is 17.0 Å². The number of nitrogens with one attached hydrogen (secondary N) is 2. The Kier molecular flexibility index (Phi) is 7.84. The number of ether oxygens (including phenoxy) is 3. The molecule has 0 aliphatic rings. The van der Waals surface area contributed by atoms with Crippen molar-refractivity contribution in [2.75, 3.05) is 32.7 Å². The van der Waals surface area contributed by atoms with Gasteiger partial charge in [0.05, 0.1) is 24.7 Å². The maximum Gasteiger partial charge on any atom is 0.240 e. The first-order valence-electron chi connectivity index (χ1n) is 11.3. The number of amides is 1. The second-order valence-corrected chi connectivity index (χ2v) is 9.47. The molecular weight excluding hydrogens is 500 g/mol. The summed E-state index contributed by atoms with van der Waals surface area (Å²) >= 11 is 0. The molecule has 194 valence electrons. The van der Waals surface area contributed by atoms with Gasteiger partial charge in [-0.15, -0.1) is 15.3 Å². The van der Waals surface area contributed by atoms with Crippen molar-refractivity contribution < 1.29 is 27.4 Å². The number of aromatic nitrogens is 4. The lowest BCUT2D eigenvalue weighted by Crippen LogP contribution is -2.28. The van der Waals surface area contributed by atoms with Gasteiger partial charge in [0.1, 0.15) is 18.1 Å². The molecular formula is C24H26N6O6S. The van der Waals surface area contributed by atoms with E-state index in [1.807, 2.05) is 0 Å². The number of hydrogen-bond donors (Lipinski definition) is 2. The maximum atomic E-state index is 12.6. The molecule has 0 atom stereocenters. The van der Waals surface area contributed by atoms with Gasteiger partial charge in [0.15, 0.2) is 11.5 Å². The predicted molar refractivity (Wildman–Crippen MR) is 135 cm³/mol. The molecule has 4 rings (SSSR count). The van der Waals surface area contributed by atoms with Crippen molar-refractivity contribution in [2.45, 2.75) is 18.2 Å². The number of rotatable bonds is 11. The lowest BCUT2D eigenvalue weighted by Gasteiger charge is -2.10. The third kappa shape index (κ3) is 5.95. The van der Waals surface area contributed by atoms with Gasteiger partial charge in [-0.25, -0.2) is 13.1 Å². The molecule has 0 saturated heterocycles. The Morgan fingerprint density at radius 1 is 1.00 bits per heavy atom. The first kappa shape index (κ1) is 25.9. The van der Waals surface area contributed by atoms with E-state index in [-0.39, 0.29) is 29.8 Å². The van der Waals surface area contributed by atoms with Crippen LogP contribution in [-0.4, -0.2) is 61.5 Å². The van der Waals surface area contributed by atoms with E-state index in [0.717, 1.165) is 0 Å². The molecule has 0 radical (unpaired) electrons. The van der Waals surface area contributed by atoms with Crippen LogP contribution in [0.2, 0.25) is 0 Å². The van der Waals surface area contributed by atoms with Gasteiger partial charge in [0.2, 0.25) is 21.8 Å². The van der Waals surface area contributed by atoms with Gasteiger partial charge in [-0.3, -0.25) is 4.79 Å². The van der Waals surface area contributed by atoms with Crippen LogP contribution in [-0.2, 0) is 14.8 Å². The lowest BCUT2D eigenvalue weighted by molar-refractivity contribution is -0.115. The summed E-state index contributed by atoms with van der Waals surface area (Å²) in [4.78, 5) is 11.5. The zero-order valence-electron chi connectivity index (χ0n) is 20.5. The van der Waals surface area contributed by atoms with Crippen LogP contribution in [0, 0.1) is 0 Å². The zero-order chi connectivity index (χ0) is 26.4. The van der Waals surface area contributed by atoms with Crippen LogP contribution in [0.4, 0.5) is 5.69 Å². The van der Waals surface area contributed by atoms with Gasteiger partial charge in [0.25, 0.3) is 0 Å². The van der Waals surface area contributed by atoms with E-state index in [2.05, 4.69) is 25.3 Å². The van der Waals surface area contributed by atoms with Crippen molar-refractivity contribution in [3.8, 4) is 28.8 Å². The Hall–Kier alpha value is -4.23. The molecule has 0 fully saturated rings. The summed E-state index contributed by atoms with van der Waals surface area (Å²) in [5.74, 6) is 1.71. The van der Waals surface area contributed by atoms with Crippen LogP contribution < -0.4 is 24.2 Å². The molecule has 0 unspecified atom stereocenters. The maximum absolute atomic E-state index is 12.6. The monoisotopic (exact) mass is 526 g/mol. The highest BCUT2D eigenvalue weighted by molar-refractivity contribution is 7.89. The minimum atomic E-state index is -3.76. The molecule has 2 heterocycles. The summed E-state index contributed by atoms with van der Waals surface area (Å²) in [6, 6.07) is 14.5. The third-order valence-corrected chi connectivity index (χ3v) is 6.78. The molecule has 4 aromatic rings. The molecule has 2 N–H and O–H groups in total. The Balaban J connectivity index is 1.42. The topological polar surface area (TPSA) is 146 Å². The minimum absolute atomic E-state index is 0.00904. The van der Waals surface area contributed by atoms with E-state index in [1.54, 1.807) is 51.5 Å². The van der Waals surface area contributed by atoms with Crippen LogP contribution in [0.5, 0.6) is 17.4 Å².